The fourth-order valence-corrected chi connectivity index (χ4v) is 3.89. The van der Waals surface area contributed by atoms with Gasteiger partial charge in [-0.2, -0.15) is 13.2 Å². The zero-order valence-electron chi connectivity index (χ0n) is 15.1. The van der Waals surface area contributed by atoms with Crippen LogP contribution in [0.2, 0.25) is 0 Å². The van der Waals surface area contributed by atoms with Gasteiger partial charge in [-0.1, -0.05) is 36.4 Å². The van der Waals surface area contributed by atoms with Gasteiger partial charge in [-0.05, 0) is 23.3 Å². The average molecular weight is 414 g/mol. The highest BCUT2D eigenvalue weighted by atomic mass is 32.2. The van der Waals surface area contributed by atoms with E-state index in [2.05, 4.69) is 10.2 Å². The van der Waals surface area contributed by atoms with Crippen LogP contribution in [0.4, 0.5) is 18.9 Å². The second-order valence-corrected chi connectivity index (χ2v) is 8.41. The number of nitrogens with zero attached hydrogens (tertiary/aromatic N) is 1. The highest BCUT2D eigenvalue weighted by molar-refractivity contribution is 7.92. The van der Waals surface area contributed by atoms with Crippen molar-refractivity contribution in [3.8, 4) is 0 Å². The van der Waals surface area contributed by atoms with Crippen molar-refractivity contribution in [2.45, 2.75) is 23.5 Å². The first-order valence-electron chi connectivity index (χ1n) is 8.79. The van der Waals surface area contributed by atoms with E-state index >= 15 is 0 Å². The van der Waals surface area contributed by atoms with Crippen molar-refractivity contribution >= 4 is 15.5 Å². The number of hydrogen-bond donors (Lipinski definition) is 1. The van der Waals surface area contributed by atoms with E-state index in [1.165, 1.54) is 18.2 Å². The molecule has 1 saturated heterocycles. The van der Waals surface area contributed by atoms with Crippen LogP contribution in [0.3, 0.4) is 0 Å². The smallest absolute Gasteiger partial charge is 0.380 e. The number of ether oxygens (including phenoxy) is 1. The molecule has 1 aliphatic rings. The summed E-state index contributed by atoms with van der Waals surface area (Å²) in [6.07, 6.45) is 0. The van der Waals surface area contributed by atoms with E-state index in [0.717, 1.165) is 50.0 Å². The largest absolute Gasteiger partial charge is 0.501 e. The minimum absolute atomic E-state index is 0.0720. The first kappa shape index (κ1) is 20.6. The van der Waals surface area contributed by atoms with Gasteiger partial charge in [0.25, 0.3) is 9.84 Å². The van der Waals surface area contributed by atoms with Crippen molar-refractivity contribution in [3.05, 3.63) is 59.7 Å². The SMILES string of the molecule is O=S(=O)(c1ccccc1NCc1ccc(CN2CCOCC2)cc1)C(F)(F)F. The average Bonchev–Trinajstić information content (AvgIpc) is 2.67. The molecule has 152 valence electrons. The van der Waals surface area contributed by atoms with Crippen LogP contribution in [0.25, 0.3) is 0 Å². The molecule has 5 nitrogen and oxygen atoms in total. The molecule has 0 spiro atoms. The Morgan fingerprint density at radius 3 is 2.21 bits per heavy atom. The van der Waals surface area contributed by atoms with Gasteiger partial charge in [0.05, 0.1) is 23.8 Å². The highest BCUT2D eigenvalue weighted by Gasteiger charge is 2.47. The summed E-state index contributed by atoms with van der Waals surface area (Å²) < 4.78 is 67.4. The Kier molecular flexibility index (Phi) is 6.26. The van der Waals surface area contributed by atoms with Gasteiger partial charge in [0.1, 0.15) is 0 Å². The lowest BCUT2D eigenvalue weighted by Crippen LogP contribution is -2.35. The second kappa shape index (κ2) is 8.50. The Balaban J connectivity index is 1.66. The molecule has 1 heterocycles. The molecule has 28 heavy (non-hydrogen) atoms. The molecule has 1 N–H and O–H groups in total. The number of para-hydroxylation sites is 1. The molecule has 3 rings (SSSR count). The van der Waals surface area contributed by atoms with Crippen molar-refractivity contribution in [1.82, 2.24) is 4.90 Å². The molecule has 0 radical (unpaired) electrons. The number of benzene rings is 2. The fraction of sp³-hybridized carbons (Fsp3) is 0.368. The topological polar surface area (TPSA) is 58.6 Å². The highest BCUT2D eigenvalue weighted by Crippen LogP contribution is 2.34. The van der Waals surface area contributed by atoms with Gasteiger partial charge in [0.15, 0.2) is 0 Å². The lowest BCUT2D eigenvalue weighted by Gasteiger charge is -2.26. The second-order valence-electron chi connectivity index (χ2n) is 6.50. The quantitative estimate of drug-likeness (QED) is 0.785. The Morgan fingerprint density at radius 2 is 1.57 bits per heavy atom. The van der Waals surface area contributed by atoms with Gasteiger partial charge in [0, 0.05) is 26.2 Å². The van der Waals surface area contributed by atoms with Gasteiger partial charge >= 0.3 is 5.51 Å². The van der Waals surface area contributed by atoms with Gasteiger partial charge in [-0.3, -0.25) is 4.90 Å². The molecule has 2 aromatic rings. The summed E-state index contributed by atoms with van der Waals surface area (Å²) in [5.74, 6) is 0. The van der Waals surface area contributed by atoms with Gasteiger partial charge < -0.3 is 10.1 Å². The number of anilines is 1. The van der Waals surface area contributed by atoms with Crippen molar-refractivity contribution in [2.24, 2.45) is 0 Å². The number of hydrogen-bond acceptors (Lipinski definition) is 5. The first-order chi connectivity index (χ1) is 13.3. The molecule has 2 aromatic carbocycles. The Morgan fingerprint density at radius 1 is 0.964 bits per heavy atom. The summed E-state index contributed by atoms with van der Waals surface area (Å²) in [5, 5.41) is 2.80. The maximum absolute atomic E-state index is 12.9. The number of nitrogens with one attached hydrogen (secondary N) is 1. The Bertz CT molecular complexity index is 893. The van der Waals surface area contributed by atoms with E-state index in [1.54, 1.807) is 0 Å². The summed E-state index contributed by atoms with van der Waals surface area (Å²) in [4.78, 5) is 1.51. The molecule has 0 aromatic heterocycles. The van der Waals surface area contributed by atoms with Gasteiger partial charge in [-0.15, -0.1) is 0 Å². The molecule has 1 aliphatic heterocycles. The number of halogens is 3. The summed E-state index contributed by atoms with van der Waals surface area (Å²) in [6.45, 7) is 4.23. The van der Waals surface area contributed by atoms with Crippen LogP contribution in [-0.2, 0) is 27.7 Å². The normalized spacial score (nSPS) is 16.1. The van der Waals surface area contributed by atoms with E-state index in [-0.39, 0.29) is 12.2 Å². The Labute approximate surface area is 162 Å². The molecule has 0 aliphatic carbocycles. The molecular formula is C19H21F3N2O3S. The fourth-order valence-electron chi connectivity index (χ4n) is 2.95. The van der Waals surface area contributed by atoms with E-state index in [0.29, 0.717) is 0 Å². The first-order valence-corrected chi connectivity index (χ1v) is 10.3. The predicted molar refractivity (Wildman–Crippen MR) is 99.5 cm³/mol. The zero-order chi connectivity index (χ0) is 20.2. The van der Waals surface area contributed by atoms with Crippen LogP contribution in [0.5, 0.6) is 0 Å². The standard InChI is InChI=1S/C19H21F3N2O3S/c20-19(21,22)28(25,26)18-4-2-1-3-17(18)23-13-15-5-7-16(8-6-15)14-24-9-11-27-12-10-24/h1-8,23H,9-14H2. The maximum Gasteiger partial charge on any atom is 0.501 e. The van der Waals surface area contributed by atoms with Gasteiger partial charge in [-0.25, -0.2) is 8.42 Å². The van der Waals surface area contributed by atoms with Crippen molar-refractivity contribution < 1.29 is 26.3 Å². The number of rotatable bonds is 6. The molecule has 0 atom stereocenters. The summed E-state index contributed by atoms with van der Waals surface area (Å²) in [6, 6.07) is 12.7. The number of alkyl halides is 3. The van der Waals surface area contributed by atoms with Crippen LogP contribution >= 0.6 is 0 Å². The maximum atomic E-state index is 12.9. The number of morpholine rings is 1. The molecule has 0 amide bonds. The van der Waals surface area contributed by atoms with Crippen molar-refractivity contribution in [2.75, 3.05) is 31.6 Å². The molecule has 0 saturated carbocycles. The van der Waals surface area contributed by atoms with E-state index in [1.807, 2.05) is 24.3 Å². The summed E-state index contributed by atoms with van der Waals surface area (Å²) >= 11 is 0. The van der Waals surface area contributed by atoms with Crippen LogP contribution in [-0.4, -0.2) is 45.1 Å². The summed E-state index contributed by atoms with van der Waals surface area (Å²) in [7, 11) is -5.41. The van der Waals surface area contributed by atoms with Crippen molar-refractivity contribution in [1.29, 1.82) is 0 Å². The molecule has 1 fully saturated rings. The summed E-state index contributed by atoms with van der Waals surface area (Å²) in [5.41, 5.74) is -3.45. The third kappa shape index (κ3) is 4.84. The third-order valence-electron chi connectivity index (χ3n) is 4.50. The molecule has 9 heteroatoms. The van der Waals surface area contributed by atoms with E-state index in [9.17, 15) is 21.6 Å². The molecule has 0 unspecified atom stereocenters. The van der Waals surface area contributed by atoms with Crippen LogP contribution in [0, 0.1) is 0 Å². The van der Waals surface area contributed by atoms with E-state index < -0.39 is 20.2 Å². The Hall–Kier alpha value is -2.10. The van der Waals surface area contributed by atoms with Crippen molar-refractivity contribution in [3.63, 3.8) is 0 Å². The minimum atomic E-state index is -5.41. The lowest BCUT2D eigenvalue weighted by atomic mass is 10.1. The van der Waals surface area contributed by atoms with Crippen LogP contribution in [0.15, 0.2) is 53.4 Å². The third-order valence-corrected chi connectivity index (χ3v) is 6.04. The van der Waals surface area contributed by atoms with Crippen LogP contribution < -0.4 is 5.32 Å². The molecule has 0 bridgehead atoms. The van der Waals surface area contributed by atoms with Gasteiger partial charge in [0.2, 0.25) is 0 Å². The number of sulfone groups is 1. The minimum Gasteiger partial charge on any atom is -0.380 e. The monoisotopic (exact) mass is 414 g/mol. The van der Waals surface area contributed by atoms with E-state index in [4.69, 9.17) is 4.74 Å². The lowest BCUT2D eigenvalue weighted by molar-refractivity contribution is -0.0435. The predicted octanol–water partition coefficient (Wildman–Crippen LogP) is 3.42. The van der Waals surface area contributed by atoms with Crippen LogP contribution in [0.1, 0.15) is 11.1 Å². The zero-order valence-corrected chi connectivity index (χ0v) is 15.9. The molecular weight excluding hydrogens is 393 g/mol.